The Morgan fingerprint density at radius 3 is 2.44 bits per heavy atom. The third kappa shape index (κ3) is 3.31. The molecule has 2 rings (SSSR count). The zero-order valence-electron chi connectivity index (χ0n) is 10.8. The van der Waals surface area contributed by atoms with E-state index in [2.05, 4.69) is 12.2 Å². The molecule has 1 N–H and O–H groups in total. The number of benzene rings is 1. The quantitative estimate of drug-likeness (QED) is 0.872. The zero-order valence-corrected chi connectivity index (χ0v) is 10.8. The standard InChI is InChI=1S/C15H20FNO/c1-11(12-5-3-2-4-6-12)17-15(18)13-7-9-14(16)10-8-13/h7-12H,2-6H2,1H3,(H,17,18). The molecule has 1 unspecified atom stereocenters. The molecule has 1 aliphatic carbocycles. The minimum atomic E-state index is -0.313. The van der Waals surface area contributed by atoms with Gasteiger partial charge in [0.25, 0.3) is 5.91 Å². The van der Waals surface area contributed by atoms with Gasteiger partial charge in [-0.3, -0.25) is 4.79 Å². The molecule has 3 heteroatoms. The predicted molar refractivity (Wildman–Crippen MR) is 69.9 cm³/mol. The molecular weight excluding hydrogens is 229 g/mol. The topological polar surface area (TPSA) is 29.1 Å². The molecule has 2 nitrogen and oxygen atoms in total. The lowest BCUT2D eigenvalue weighted by molar-refractivity contribution is 0.0919. The maximum Gasteiger partial charge on any atom is 0.251 e. The molecule has 98 valence electrons. The van der Waals surface area contributed by atoms with Crippen LogP contribution < -0.4 is 5.32 Å². The molecule has 0 radical (unpaired) electrons. The number of carbonyl (C=O) groups excluding carboxylic acids is 1. The van der Waals surface area contributed by atoms with Crippen molar-refractivity contribution < 1.29 is 9.18 Å². The molecule has 0 aliphatic heterocycles. The molecule has 1 aliphatic rings. The summed E-state index contributed by atoms with van der Waals surface area (Å²) in [5.41, 5.74) is 0.527. The second kappa shape index (κ2) is 5.98. The highest BCUT2D eigenvalue weighted by Gasteiger charge is 2.21. The van der Waals surface area contributed by atoms with E-state index in [1.54, 1.807) is 0 Å². The molecule has 1 saturated carbocycles. The Kier molecular flexibility index (Phi) is 4.34. The van der Waals surface area contributed by atoms with E-state index in [0.717, 1.165) is 0 Å². The van der Waals surface area contributed by atoms with Crippen molar-refractivity contribution in [2.24, 2.45) is 5.92 Å². The van der Waals surface area contributed by atoms with E-state index < -0.39 is 0 Å². The second-order valence-electron chi connectivity index (χ2n) is 5.17. The normalized spacial score (nSPS) is 18.3. The monoisotopic (exact) mass is 249 g/mol. The van der Waals surface area contributed by atoms with Crippen molar-refractivity contribution in [3.63, 3.8) is 0 Å². The van der Waals surface area contributed by atoms with Gasteiger partial charge >= 0.3 is 0 Å². The van der Waals surface area contributed by atoms with Crippen molar-refractivity contribution in [3.05, 3.63) is 35.6 Å². The fourth-order valence-electron chi connectivity index (χ4n) is 2.64. The number of hydrogen-bond donors (Lipinski definition) is 1. The summed E-state index contributed by atoms with van der Waals surface area (Å²) in [4.78, 5) is 12.0. The van der Waals surface area contributed by atoms with Crippen LogP contribution in [-0.4, -0.2) is 11.9 Å². The lowest BCUT2D eigenvalue weighted by atomic mass is 9.84. The second-order valence-corrected chi connectivity index (χ2v) is 5.17. The third-order valence-corrected chi connectivity index (χ3v) is 3.82. The van der Waals surface area contributed by atoms with Crippen LogP contribution in [-0.2, 0) is 0 Å². The first-order valence-electron chi connectivity index (χ1n) is 6.73. The predicted octanol–water partition coefficient (Wildman–Crippen LogP) is 3.52. The number of carbonyl (C=O) groups is 1. The van der Waals surface area contributed by atoms with Gasteiger partial charge in [-0.25, -0.2) is 4.39 Å². The molecule has 0 aromatic heterocycles. The summed E-state index contributed by atoms with van der Waals surface area (Å²) >= 11 is 0. The maximum atomic E-state index is 12.8. The van der Waals surface area contributed by atoms with Gasteiger partial charge in [0.05, 0.1) is 0 Å². The van der Waals surface area contributed by atoms with E-state index in [-0.39, 0.29) is 17.8 Å². The van der Waals surface area contributed by atoms with Crippen LogP contribution in [0.2, 0.25) is 0 Å². The summed E-state index contributed by atoms with van der Waals surface area (Å²) in [6.45, 7) is 2.07. The van der Waals surface area contributed by atoms with E-state index >= 15 is 0 Å². The lowest BCUT2D eigenvalue weighted by Gasteiger charge is -2.28. The molecule has 1 fully saturated rings. The molecule has 1 aromatic rings. The number of hydrogen-bond acceptors (Lipinski definition) is 1. The summed E-state index contributed by atoms with van der Waals surface area (Å²) in [5.74, 6) is 0.170. The smallest absolute Gasteiger partial charge is 0.251 e. The van der Waals surface area contributed by atoms with Crippen LogP contribution in [0, 0.1) is 11.7 Å². The van der Waals surface area contributed by atoms with E-state index in [9.17, 15) is 9.18 Å². The molecule has 18 heavy (non-hydrogen) atoms. The van der Waals surface area contributed by atoms with E-state index in [4.69, 9.17) is 0 Å². The van der Waals surface area contributed by atoms with Crippen molar-refractivity contribution >= 4 is 5.91 Å². The van der Waals surface area contributed by atoms with Crippen molar-refractivity contribution in [2.45, 2.75) is 45.1 Å². The van der Waals surface area contributed by atoms with E-state index in [1.807, 2.05) is 0 Å². The number of halogens is 1. The number of rotatable bonds is 3. The highest BCUT2D eigenvalue weighted by atomic mass is 19.1. The van der Waals surface area contributed by atoms with Gasteiger partial charge in [-0.15, -0.1) is 0 Å². The molecule has 1 amide bonds. The van der Waals surface area contributed by atoms with Crippen LogP contribution in [0.15, 0.2) is 24.3 Å². The minimum absolute atomic E-state index is 0.104. The molecule has 0 bridgehead atoms. The van der Waals surface area contributed by atoms with Gasteiger partial charge in [-0.1, -0.05) is 19.3 Å². The zero-order chi connectivity index (χ0) is 13.0. The number of nitrogens with one attached hydrogen (secondary N) is 1. The highest BCUT2D eigenvalue weighted by molar-refractivity contribution is 5.94. The molecular formula is C15H20FNO. The van der Waals surface area contributed by atoms with Crippen LogP contribution in [0.3, 0.4) is 0 Å². The maximum absolute atomic E-state index is 12.8. The first-order chi connectivity index (χ1) is 8.66. The van der Waals surface area contributed by atoms with Crippen molar-refractivity contribution in [1.29, 1.82) is 0 Å². The number of amides is 1. The van der Waals surface area contributed by atoms with Gasteiger partial charge in [-0.05, 0) is 49.9 Å². The van der Waals surface area contributed by atoms with Crippen molar-refractivity contribution in [3.8, 4) is 0 Å². The molecule has 1 atom stereocenters. The first-order valence-corrected chi connectivity index (χ1v) is 6.73. The average Bonchev–Trinajstić information content (AvgIpc) is 2.40. The van der Waals surface area contributed by atoms with Crippen LogP contribution in [0.25, 0.3) is 0 Å². The van der Waals surface area contributed by atoms with Gasteiger partial charge in [-0.2, -0.15) is 0 Å². The Bertz CT molecular complexity index is 395. The molecule has 0 spiro atoms. The Labute approximate surface area is 108 Å². The van der Waals surface area contributed by atoms with E-state index in [0.29, 0.717) is 11.5 Å². The van der Waals surface area contributed by atoms with Crippen LogP contribution in [0.4, 0.5) is 4.39 Å². The largest absolute Gasteiger partial charge is 0.349 e. The third-order valence-electron chi connectivity index (χ3n) is 3.82. The van der Waals surface area contributed by atoms with Gasteiger partial charge in [0, 0.05) is 11.6 Å². The summed E-state index contributed by atoms with van der Waals surface area (Å²) in [5, 5.41) is 3.02. The van der Waals surface area contributed by atoms with Crippen LogP contribution in [0.1, 0.15) is 49.4 Å². The Morgan fingerprint density at radius 2 is 1.83 bits per heavy atom. The Morgan fingerprint density at radius 1 is 1.22 bits per heavy atom. The molecule has 0 saturated heterocycles. The van der Waals surface area contributed by atoms with Crippen LogP contribution >= 0.6 is 0 Å². The molecule has 1 aromatic carbocycles. The SMILES string of the molecule is CC(NC(=O)c1ccc(F)cc1)C1CCCCC1. The average molecular weight is 249 g/mol. The molecule has 0 heterocycles. The lowest BCUT2D eigenvalue weighted by Crippen LogP contribution is -2.38. The minimum Gasteiger partial charge on any atom is -0.349 e. The summed E-state index contributed by atoms with van der Waals surface area (Å²) in [6.07, 6.45) is 6.24. The van der Waals surface area contributed by atoms with E-state index in [1.165, 1.54) is 56.4 Å². The van der Waals surface area contributed by atoms with Gasteiger partial charge in [0.1, 0.15) is 5.82 Å². The summed E-state index contributed by atoms with van der Waals surface area (Å²) < 4.78 is 12.8. The fourth-order valence-corrected chi connectivity index (χ4v) is 2.64. The van der Waals surface area contributed by atoms with Gasteiger partial charge < -0.3 is 5.32 Å². The summed E-state index contributed by atoms with van der Waals surface area (Å²) in [6, 6.07) is 5.89. The Hall–Kier alpha value is -1.38. The fraction of sp³-hybridized carbons (Fsp3) is 0.533. The summed E-state index contributed by atoms with van der Waals surface area (Å²) in [7, 11) is 0. The van der Waals surface area contributed by atoms with Gasteiger partial charge in [0.15, 0.2) is 0 Å². The van der Waals surface area contributed by atoms with Crippen LogP contribution in [0.5, 0.6) is 0 Å². The van der Waals surface area contributed by atoms with Gasteiger partial charge in [0.2, 0.25) is 0 Å². The van der Waals surface area contributed by atoms with Crippen molar-refractivity contribution in [2.75, 3.05) is 0 Å². The Balaban J connectivity index is 1.91. The first kappa shape index (κ1) is 13.1. The highest BCUT2D eigenvalue weighted by Crippen LogP contribution is 2.26. The van der Waals surface area contributed by atoms with Crippen molar-refractivity contribution in [1.82, 2.24) is 5.32 Å².